The molecule has 1 aromatic heterocycles. The highest BCUT2D eigenvalue weighted by molar-refractivity contribution is 5.55. The summed E-state index contributed by atoms with van der Waals surface area (Å²) in [7, 11) is 3.29. The zero-order valence-electron chi connectivity index (χ0n) is 11.5. The number of hydrogen-bond donors (Lipinski definition) is 1. The Balaban J connectivity index is 3.22. The minimum atomic E-state index is 0.297. The van der Waals surface area contributed by atoms with Gasteiger partial charge in [-0.1, -0.05) is 13.8 Å². The van der Waals surface area contributed by atoms with E-state index in [1.165, 1.54) is 0 Å². The van der Waals surface area contributed by atoms with Crippen LogP contribution in [0.2, 0.25) is 0 Å². The fourth-order valence-corrected chi connectivity index (χ4v) is 1.60. The summed E-state index contributed by atoms with van der Waals surface area (Å²) < 4.78 is 10.7. The van der Waals surface area contributed by atoms with Crippen LogP contribution in [0, 0.1) is 0 Å². The maximum Gasteiger partial charge on any atom is 0.218 e. The molecule has 0 saturated heterocycles. The number of nitrogens with one attached hydrogen (secondary N) is 1. The van der Waals surface area contributed by atoms with Gasteiger partial charge in [-0.15, -0.1) is 0 Å². The van der Waals surface area contributed by atoms with Gasteiger partial charge in [0.2, 0.25) is 5.88 Å². The number of ether oxygens (including phenoxy) is 2. The SMILES string of the molecule is COc1cc(C(C)C)c(OC)nc1NC(C)C. The molecule has 1 rings (SSSR count). The second kappa shape index (κ2) is 5.75. The van der Waals surface area contributed by atoms with Crippen molar-refractivity contribution in [3.8, 4) is 11.6 Å². The Morgan fingerprint density at radius 2 is 1.76 bits per heavy atom. The van der Waals surface area contributed by atoms with Crippen molar-refractivity contribution in [3.05, 3.63) is 11.6 Å². The number of methoxy groups -OCH3 is 2. The zero-order valence-corrected chi connectivity index (χ0v) is 11.5. The predicted molar refractivity (Wildman–Crippen MR) is 70.2 cm³/mol. The number of pyridine rings is 1. The Kier molecular flexibility index (Phi) is 4.61. The Morgan fingerprint density at radius 1 is 1.12 bits per heavy atom. The molecule has 0 spiro atoms. The summed E-state index contributed by atoms with van der Waals surface area (Å²) in [6.07, 6.45) is 0. The van der Waals surface area contributed by atoms with Crippen LogP contribution in [-0.2, 0) is 0 Å². The molecule has 1 heterocycles. The molecule has 0 radical (unpaired) electrons. The molecule has 0 amide bonds. The molecule has 4 heteroatoms. The van der Waals surface area contributed by atoms with E-state index in [9.17, 15) is 0 Å². The average Bonchev–Trinajstić information content (AvgIpc) is 2.27. The van der Waals surface area contributed by atoms with Crippen molar-refractivity contribution in [1.29, 1.82) is 0 Å². The van der Waals surface area contributed by atoms with Gasteiger partial charge < -0.3 is 14.8 Å². The van der Waals surface area contributed by atoms with Gasteiger partial charge in [-0.25, -0.2) is 0 Å². The van der Waals surface area contributed by atoms with Crippen LogP contribution in [0.15, 0.2) is 6.07 Å². The zero-order chi connectivity index (χ0) is 13.0. The Bertz CT molecular complexity index is 376. The summed E-state index contributed by atoms with van der Waals surface area (Å²) in [5.74, 6) is 2.48. The smallest absolute Gasteiger partial charge is 0.218 e. The van der Waals surface area contributed by atoms with Gasteiger partial charge in [0.15, 0.2) is 11.6 Å². The lowest BCUT2D eigenvalue weighted by Crippen LogP contribution is -2.13. The van der Waals surface area contributed by atoms with Crippen molar-refractivity contribution >= 4 is 5.82 Å². The van der Waals surface area contributed by atoms with Crippen molar-refractivity contribution in [2.45, 2.75) is 39.7 Å². The van der Waals surface area contributed by atoms with E-state index < -0.39 is 0 Å². The lowest BCUT2D eigenvalue weighted by molar-refractivity contribution is 0.381. The van der Waals surface area contributed by atoms with Crippen LogP contribution in [0.4, 0.5) is 5.82 Å². The van der Waals surface area contributed by atoms with Crippen molar-refractivity contribution in [3.63, 3.8) is 0 Å². The first-order valence-electron chi connectivity index (χ1n) is 5.89. The molecule has 0 fully saturated rings. The molecule has 0 saturated carbocycles. The molecule has 0 aliphatic rings. The van der Waals surface area contributed by atoms with Crippen molar-refractivity contribution < 1.29 is 9.47 Å². The molecular formula is C13H22N2O2. The first-order valence-corrected chi connectivity index (χ1v) is 5.89. The highest BCUT2D eigenvalue weighted by atomic mass is 16.5. The van der Waals surface area contributed by atoms with Gasteiger partial charge in [0.25, 0.3) is 0 Å². The van der Waals surface area contributed by atoms with Crippen LogP contribution in [0.3, 0.4) is 0 Å². The number of nitrogens with zero attached hydrogens (tertiary/aromatic N) is 1. The van der Waals surface area contributed by atoms with E-state index in [-0.39, 0.29) is 0 Å². The Labute approximate surface area is 103 Å². The fraction of sp³-hybridized carbons (Fsp3) is 0.615. The maximum atomic E-state index is 5.36. The van der Waals surface area contributed by atoms with E-state index in [1.807, 2.05) is 6.07 Å². The second-order valence-corrected chi connectivity index (χ2v) is 4.59. The van der Waals surface area contributed by atoms with Gasteiger partial charge in [0, 0.05) is 11.6 Å². The molecular weight excluding hydrogens is 216 g/mol. The summed E-state index contributed by atoms with van der Waals surface area (Å²) in [5, 5.41) is 3.25. The van der Waals surface area contributed by atoms with E-state index >= 15 is 0 Å². The minimum absolute atomic E-state index is 0.297. The van der Waals surface area contributed by atoms with E-state index in [2.05, 4.69) is 38.0 Å². The standard InChI is InChI=1S/C13H22N2O2/c1-8(2)10-7-11(16-5)12(14-9(3)4)15-13(10)17-6/h7-9H,1-6H3,(H,14,15). The molecule has 0 aliphatic heterocycles. The van der Waals surface area contributed by atoms with Gasteiger partial charge in [-0.2, -0.15) is 4.98 Å². The van der Waals surface area contributed by atoms with Gasteiger partial charge >= 0.3 is 0 Å². The molecule has 17 heavy (non-hydrogen) atoms. The maximum absolute atomic E-state index is 5.36. The van der Waals surface area contributed by atoms with Crippen LogP contribution in [0.5, 0.6) is 11.6 Å². The molecule has 1 N–H and O–H groups in total. The summed E-state index contributed by atoms with van der Waals surface area (Å²) in [5.41, 5.74) is 1.05. The van der Waals surface area contributed by atoms with Crippen LogP contribution in [0.25, 0.3) is 0 Å². The second-order valence-electron chi connectivity index (χ2n) is 4.59. The average molecular weight is 238 g/mol. The third-order valence-electron chi connectivity index (χ3n) is 2.44. The normalized spacial score (nSPS) is 10.8. The van der Waals surface area contributed by atoms with Gasteiger partial charge in [0.05, 0.1) is 14.2 Å². The molecule has 96 valence electrons. The lowest BCUT2D eigenvalue weighted by atomic mass is 10.0. The van der Waals surface area contributed by atoms with Crippen LogP contribution >= 0.6 is 0 Å². The minimum Gasteiger partial charge on any atom is -0.493 e. The first kappa shape index (κ1) is 13.6. The molecule has 0 bridgehead atoms. The first-order chi connectivity index (χ1) is 7.99. The predicted octanol–water partition coefficient (Wildman–Crippen LogP) is 3.04. The third kappa shape index (κ3) is 3.25. The van der Waals surface area contributed by atoms with Crippen LogP contribution in [0.1, 0.15) is 39.2 Å². The van der Waals surface area contributed by atoms with Crippen molar-refractivity contribution in [2.24, 2.45) is 0 Å². The van der Waals surface area contributed by atoms with E-state index in [1.54, 1.807) is 14.2 Å². The lowest BCUT2D eigenvalue weighted by Gasteiger charge is -2.17. The van der Waals surface area contributed by atoms with Crippen LogP contribution in [-0.4, -0.2) is 25.2 Å². The third-order valence-corrected chi connectivity index (χ3v) is 2.44. The van der Waals surface area contributed by atoms with Gasteiger partial charge in [-0.3, -0.25) is 0 Å². The summed E-state index contributed by atoms with van der Waals surface area (Å²) in [6.45, 7) is 8.33. The van der Waals surface area contributed by atoms with Crippen LogP contribution < -0.4 is 14.8 Å². The summed E-state index contributed by atoms with van der Waals surface area (Å²) in [6, 6.07) is 2.28. The summed E-state index contributed by atoms with van der Waals surface area (Å²) in [4.78, 5) is 4.47. The van der Waals surface area contributed by atoms with E-state index in [0.29, 0.717) is 17.8 Å². The number of aromatic nitrogens is 1. The number of rotatable bonds is 5. The highest BCUT2D eigenvalue weighted by Gasteiger charge is 2.15. The molecule has 4 nitrogen and oxygen atoms in total. The van der Waals surface area contributed by atoms with E-state index in [0.717, 1.165) is 17.1 Å². The van der Waals surface area contributed by atoms with Crippen molar-refractivity contribution in [2.75, 3.05) is 19.5 Å². The van der Waals surface area contributed by atoms with E-state index in [4.69, 9.17) is 9.47 Å². The molecule has 0 aliphatic carbocycles. The highest BCUT2D eigenvalue weighted by Crippen LogP contribution is 2.33. The number of hydrogen-bond acceptors (Lipinski definition) is 4. The van der Waals surface area contributed by atoms with Gasteiger partial charge in [0.1, 0.15) is 0 Å². The largest absolute Gasteiger partial charge is 0.493 e. The molecule has 0 aromatic carbocycles. The Morgan fingerprint density at radius 3 is 2.18 bits per heavy atom. The monoisotopic (exact) mass is 238 g/mol. The van der Waals surface area contributed by atoms with Crippen molar-refractivity contribution in [1.82, 2.24) is 4.98 Å². The number of anilines is 1. The topological polar surface area (TPSA) is 43.4 Å². The molecule has 0 atom stereocenters. The quantitative estimate of drug-likeness (QED) is 0.856. The molecule has 0 unspecified atom stereocenters. The molecule has 1 aromatic rings. The van der Waals surface area contributed by atoms with Gasteiger partial charge in [-0.05, 0) is 25.8 Å². The Hall–Kier alpha value is -1.45. The fourth-order valence-electron chi connectivity index (χ4n) is 1.60. The summed E-state index contributed by atoms with van der Waals surface area (Å²) >= 11 is 0.